The van der Waals surface area contributed by atoms with Gasteiger partial charge in [-0.15, -0.1) is 0 Å². The van der Waals surface area contributed by atoms with E-state index in [1.165, 1.54) is 0 Å². The van der Waals surface area contributed by atoms with E-state index in [2.05, 4.69) is 23.3 Å². The Labute approximate surface area is 113 Å². The smallest absolute Gasteiger partial charge is 0.142 e. The number of pyridine rings is 1. The van der Waals surface area contributed by atoms with E-state index in [9.17, 15) is 5.11 Å². The lowest BCUT2D eigenvalue weighted by Gasteiger charge is -2.10. The summed E-state index contributed by atoms with van der Waals surface area (Å²) in [6.07, 6.45) is 2.62. The predicted molar refractivity (Wildman–Crippen MR) is 76.5 cm³/mol. The van der Waals surface area contributed by atoms with Crippen LogP contribution in [0, 0.1) is 0 Å². The molecule has 3 rings (SSSR count). The highest BCUT2D eigenvalue weighted by atomic mass is 16.5. The third-order valence-corrected chi connectivity index (χ3v) is 3.00. The lowest BCUT2D eigenvalue weighted by Crippen LogP contribution is -2.30. The van der Waals surface area contributed by atoms with E-state index in [0.717, 1.165) is 43.7 Å². The number of aromatic hydroxyl groups is 1. The maximum atomic E-state index is 9.62. The molecule has 0 amide bonds. The van der Waals surface area contributed by atoms with Crippen molar-refractivity contribution in [2.75, 3.05) is 26.3 Å². The minimum absolute atomic E-state index is 0.273. The molecule has 1 fully saturated rings. The first-order valence-electron chi connectivity index (χ1n) is 6.66. The van der Waals surface area contributed by atoms with Crippen molar-refractivity contribution in [1.82, 2.24) is 10.3 Å². The molecule has 1 aromatic carbocycles. The van der Waals surface area contributed by atoms with Crippen molar-refractivity contribution in [3.05, 3.63) is 36.0 Å². The van der Waals surface area contributed by atoms with Crippen molar-refractivity contribution in [3.63, 3.8) is 0 Å². The molecule has 1 saturated heterocycles. The molecule has 0 atom stereocenters. The van der Waals surface area contributed by atoms with Gasteiger partial charge in [-0.2, -0.15) is 0 Å². The Bertz CT molecular complexity index is 513. The van der Waals surface area contributed by atoms with Crippen LogP contribution in [-0.2, 0) is 11.2 Å². The Balaban J connectivity index is 0.000000186. The van der Waals surface area contributed by atoms with Gasteiger partial charge in [-0.3, -0.25) is 4.98 Å². The molecule has 0 bridgehead atoms. The van der Waals surface area contributed by atoms with Gasteiger partial charge in [0.15, 0.2) is 0 Å². The number of nitrogens with zero attached hydrogens (tertiary/aromatic N) is 1. The first-order valence-corrected chi connectivity index (χ1v) is 6.66. The molecule has 1 aromatic heterocycles. The van der Waals surface area contributed by atoms with Crippen LogP contribution in [0.3, 0.4) is 0 Å². The average molecular weight is 260 g/mol. The zero-order chi connectivity index (χ0) is 13.5. The first-order chi connectivity index (χ1) is 9.31. The maximum absolute atomic E-state index is 9.62. The van der Waals surface area contributed by atoms with Crippen molar-refractivity contribution < 1.29 is 9.84 Å². The largest absolute Gasteiger partial charge is 0.506 e. The molecule has 4 heteroatoms. The third-order valence-electron chi connectivity index (χ3n) is 3.00. The third kappa shape index (κ3) is 3.91. The van der Waals surface area contributed by atoms with Crippen LogP contribution in [0.1, 0.15) is 12.5 Å². The second-order valence-corrected chi connectivity index (χ2v) is 4.41. The number of nitrogens with one attached hydrogen (secondary N) is 1. The number of hydrogen-bond acceptors (Lipinski definition) is 4. The van der Waals surface area contributed by atoms with Crippen LogP contribution in [0.4, 0.5) is 0 Å². The Hall–Kier alpha value is -1.65. The lowest BCUT2D eigenvalue weighted by molar-refractivity contribution is 0.109. The summed E-state index contributed by atoms with van der Waals surface area (Å²) in [6.45, 7) is 5.90. The van der Waals surface area contributed by atoms with E-state index in [1.807, 2.05) is 12.1 Å². The van der Waals surface area contributed by atoms with E-state index in [1.54, 1.807) is 12.3 Å². The van der Waals surface area contributed by atoms with E-state index in [4.69, 9.17) is 4.74 Å². The van der Waals surface area contributed by atoms with Gasteiger partial charge in [-0.1, -0.05) is 13.0 Å². The number of phenolic OH excluding ortho intramolecular Hbond substituents is 1. The number of aromatic nitrogens is 1. The predicted octanol–water partition coefficient (Wildman–Crippen LogP) is 2.11. The summed E-state index contributed by atoms with van der Waals surface area (Å²) in [7, 11) is 0. The number of phenols is 1. The van der Waals surface area contributed by atoms with Gasteiger partial charge in [0, 0.05) is 24.7 Å². The highest BCUT2D eigenvalue weighted by Crippen LogP contribution is 2.24. The molecule has 2 N–H and O–H groups in total. The Morgan fingerprint density at radius 2 is 2.11 bits per heavy atom. The summed E-state index contributed by atoms with van der Waals surface area (Å²) in [6, 6.07) is 7.67. The van der Waals surface area contributed by atoms with Crippen LogP contribution in [0.25, 0.3) is 10.9 Å². The number of ether oxygens (including phenoxy) is 1. The number of benzene rings is 1. The lowest BCUT2D eigenvalue weighted by atomic mass is 10.1. The highest BCUT2D eigenvalue weighted by Gasteiger charge is 2.01. The molecule has 0 unspecified atom stereocenters. The van der Waals surface area contributed by atoms with Crippen molar-refractivity contribution in [2.45, 2.75) is 13.3 Å². The number of rotatable bonds is 1. The summed E-state index contributed by atoms with van der Waals surface area (Å²) in [4.78, 5) is 4.11. The number of morpholine rings is 1. The molecule has 4 nitrogen and oxygen atoms in total. The second kappa shape index (κ2) is 7.07. The van der Waals surface area contributed by atoms with Gasteiger partial charge < -0.3 is 15.2 Å². The Morgan fingerprint density at radius 1 is 1.32 bits per heavy atom. The second-order valence-electron chi connectivity index (χ2n) is 4.41. The van der Waals surface area contributed by atoms with E-state index in [0.29, 0.717) is 5.52 Å². The van der Waals surface area contributed by atoms with Crippen molar-refractivity contribution in [2.24, 2.45) is 0 Å². The fourth-order valence-corrected chi connectivity index (χ4v) is 1.95. The molecule has 1 aliphatic rings. The van der Waals surface area contributed by atoms with Crippen LogP contribution in [0.2, 0.25) is 0 Å². The fraction of sp³-hybridized carbons (Fsp3) is 0.400. The van der Waals surface area contributed by atoms with E-state index in [-0.39, 0.29) is 5.75 Å². The maximum Gasteiger partial charge on any atom is 0.142 e. The van der Waals surface area contributed by atoms with Crippen LogP contribution < -0.4 is 5.32 Å². The summed E-state index contributed by atoms with van der Waals surface area (Å²) >= 11 is 0. The van der Waals surface area contributed by atoms with Gasteiger partial charge in [0.05, 0.1) is 13.2 Å². The minimum atomic E-state index is 0.273. The van der Waals surface area contributed by atoms with Crippen molar-refractivity contribution in [3.8, 4) is 5.75 Å². The van der Waals surface area contributed by atoms with Crippen LogP contribution >= 0.6 is 0 Å². The van der Waals surface area contributed by atoms with Crippen LogP contribution in [-0.4, -0.2) is 36.4 Å². The van der Waals surface area contributed by atoms with Crippen molar-refractivity contribution in [1.29, 1.82) is 0 Å². The van der Waals surface area contributed by atoms with Gasteiger partial charge in [0.1, 0.15) is 11.3 Å². The summed E-state index contributed by atoms with van der Waals surface area (Å²) in [5.74, 6) is 0.273. The standard InChI is InChI=1S/C11H11NO.C4H9NO/c1-2-8-6-9-4-3-5-12-11(9)10(13)7-8;1-3-6-4-2-5-1/h3-7,13H,2H2,1H3;5H,1-4H2. The molecule has 102 valence electrons. The van der Waals surface area contributed by atoms with Crippen LogP contribution in [0.15, 0.2) is 30.5 Å². The molecule has 2 aromatic rings. The SMILES string of the molecule is C1COCCN1.CCc1cc(O)c2ncccc2c1. The molecule has 0 aliphatic carbocycles. The summed E-state index contributed by atoms with van der Waals surface area (Å²) < 4.78 is 5.01. The molecule has 0 saturated carbocycles. The molecule has 19 heavy (non-hydrogen) atoms. The summed E-state index contributed by atoms with van der Waals surface area (Å²) in [5.41, 5.74) is 1.82. The Kier molecular flexibility index (Phi) is 5.12. The Morgan fingerprint density at radius 3 is 2.68 bits per heavy atom. The molecular weight excluding hydrogens is 240 g/mol. The average Bonchev–Trinajstić information content (AvgIpc) is 2.49. The molecule has 1 aliphatic heterocycles. The molecule has 0 spiro atoms. The molecule has 2 heterocycles. The van der Waals surface area contributed by atoms with Gasteiger partial charge in [0.2, 0.25) is 0 Å². The quantitative estimate of drug-likeness (QED) is 0.824. The minimum Gasteiger partial charge on any atom is -0.506 e. The van der Waals surface area contributed by atoms with Crippen molar-refractivity contribution >= 4 is 10.9 Å². The fourth-order valence-electron chi connectivity index (χ4n) is 1.95. The normalized spacial score (nSPS) is 14.8. The topological polar surface area (TPSA) is 54.4 Å². The van der Waals surface area contributed by atoms with Gasteiger partial charge in [0.25, 0.3) is 0 Å². The zero-order valence-corrected chi connectivity index (χ0v) is 11.2. The van der Waals surface area contributed by atoms with Gasteiger partial charge in [-0.25, -0.2) is 0 Å². The zero-order valence-electron chi connectivity index (χ0n) is 11.2. The number of aryl methyl sites for hydroxylation is 1. The van der Waals surface area contributed by atoms with E-state index >= 15 is 0 Å². The highest BCUT2D eigenvalue weighted by molar-refractivity contribution is 5.84. The molecular formula is C15H20N2O2. The van der Waals surface area contributed by atoms with E-state index < -0.39 is 0 Å². The van der Waals surface area contributed by atoms with Gasteiger partial charge >= 0.3 is 0 Å². The number of fused-ring (bicyclic) bond motifs is 1. The van der Waals surface area contributed by atoms with Crippen LogP contribution in [0.5, 0.6) is 5.75 Å². The van der Waals surface area contributed by atoms with Gasteiger partial charge in [-0.05, 0) is 30.2 Å². The number of hydrogen-bond donors (Lipinski definition) is 2. The monoisotopic (exact) mass is 260 g/mol. The summed E-state index contributed by atoms with van der Waals surface area (Å²) in [5, 5.41) is 13.8. The first kappa shape index (κ1) is 13.8. The molecule has 0 radical (unpaired) electrons.